The van der Waals surface area contributed by atoms with E-state index in [1.807, 2.05) is 20.8 Å². The molecule has 19 heavy (non-hydrogen) atoms. The summed E-state index contributed by atoms with van der Waals surface area (Å²) < 4.78 is 28.8. The van der Waals surface area contributed by atoms with Crippen molar-refractivity contribution in [2.24, 2.45) is 0 Å². The molecule has 1 amide bonds. The summed E-state index contributed by atoms with van der Waals surface area (Å²) in [6.45, 7) is 5.53. The summed E-state index contributed by atoms with van der Waals surface area (Å²) in [5, 5.41) is -0.302. The SMILES string of the molecule is CC(C)(C)OC(=O)N1C2CCC1CC(S(C)(=O)=O)C2. The standard InChI is InChI=1S/C13H23NO4S/c1-13(2,3)18-12(15)14-9-5-6-10(14)8-11(7-9)19(4,16)17/h9-11H,5-8H2,1-4H3. The molecule has 5 nitrogen and oxygen atoms in total. The van der Waals surface area contributed by atoms with Gasteiger partial charge in [-0.25, -0.2) is 13.2 Å². The Morgan fingerprint density at radius 3 is 2.00 bits per heavy atom. The molecular weight excluding hydrogens is 266 g/mol. The van der Waals surface area contributed by atoms with Gasteiger partial charge in [0.1, 0.15) is 15.4 Å². The zero-order valence-corrected chi connectivity index (χ0v) is 12.9. The fraction of sp³-hybridized carbons (Fsp3) is 0.923. The molecule has 0 aromatic heterocycles. The second-order valence-electron chi connectivity index (χ2n) is 6.70. The predicted octanol–water partition coefficient (Wildman–Crippen LogP) is 1.96. The smallest absolute Gasteiger partial charge is 0.410 e. The number of carbonyl (C=O) groups is 1. The van der Waals surface area contributed by atoms with Crippen molar-refractivity contribution in [3.8, 4) is 0 Å². The average Bonchev–Trinajstić information content (AvgIpc) is 2.45. The van der Waals surface area contributed by atoms with Crippen LogP contribution in [-0.2, 0) is 14.6 Å². The van der Waals surface area contributed by atoms with Crippen LogP contribution in [-0.4, -0.2) is 48.6 Å². The van der Waals surface area contributed by atoms with E-state index >= 15 is 0 Å². The van der Waals surface area contributed by atoms with Gasteiger partial charge in [-0.1, -0.05) is 0 Å². The van der Waals surface area contributed by atoms with E-state index in [2.05, 4.69) is 0 Å². The van der Waals surface area contributed by atoms with E-state index in [4.69, 9.17) is 4.74 Å². The number of rotatable bonds is 1. The third kappa shape index (κ3) is 3.22. The van der Waals surface area contributed by atoms with E-state index in [1.54, 1.807) is 4.90 Å². The summed E-state index contributed by atoms with van der Waals surface area (Å²) in [4.78, 5) is 14.0. The molecule has 0 aromatic rings. The summed E-state index contributed by atoms with van der Waals surface area (Å²) in [6, 6.07) is 0.0432. The molecule has 2 aliphatic rings. The van der Waals surface area contributed by atoms with Crippen molar-refractivity contribution in [2.45, 2.75) is 69.4 Å². The van der Waals surface area contributed by atoms with Gasteiger partial charge in [0.15, 0.2) is 0 Å². The van der Waals surface area contributed by atoms with Crippen molar-refractivity contribution in [3.63, 3.8) is 0 Å². The van der Waals surface area contributed by atoms with Gasteiger partial charge in [-0.05, 0) is 46.5 Å². The fourth-order valence-corrected chi connectivity index (χ4v) is 4.23. The van der Waals surface area contributed by atoms with E-state index in [0.717, 1.165) is 12.8 Å². The second-order valence-corrected chi connectivity index (χ2v) is 9.02. The highest BCUT2D eigenvalue weighted by molar-refractivity contribution is 7.91. The Balaban J connectivity index is 2.10. The summed E-state index contributed by atoms with van der Waals surface area (Å²) in [5.41, 5.74) is -0.510. The van der Waals surface area contributed by atoms with Gasteiger partial charge < -0.3 is 9.64 Å². The zero-order chi connectivity index (χ0) is 14.4. The molecular formula is C13H23NO4S. The van der Waals surface area contributed by atoms with Gasteiger partial charge in [-0.3, -0.25) is 0 Å². The van der Waals surface area contributed by atoms with E-state index in [1.165, 1.54) is 6.26 Å². The number of nitrogens with zero attached hydrogens (tertiary/aromatic N) is 1. The molecule has 0 aliphatic carbocycles. The lowest BCUT2D eigenvalue weighted by molar-refractivity contribution is 0.00815. The lowest BCUT2D eigenvalue weighted by atomic mass is 10.0. The van der Waals surface area contributed by atoms with Crippen LogP contribution < -0.4 is 0 Å². The van der Waals surface area contributed by atoms with Gasteiger partial charge in [0.25, 0.3) is 0 Å². The Kier molecular flexibility index (Phi) is 3.58. The first kappa shape index (κ1) is 14.6. The molecule has 2 bridgehead atoms. The highest BCUT2D eigenvalue weighted by atomic mass is 32.2. The monoisotopic (exact) mass is 289 g/mol. The third-order valence-electron chi connectivity index (χ3n) is 3.90. The molecule has 110 valence electrons. The van der Waals surface area contributed by atoms with Gasteiger partial charge in [0.2, 0.25) is 0 Å². The minimum absolute atomic E-state index is 0.0216. The lowest BCUT2D eigenvalue weighted by Crippen LogP contribution is -2.51. The highest BCUT2D eigenvalue weighted by Crippen LogP contribution is 2.38. The molecule has 0 spiro atoms. The van der Waals surface area contributed by atoms with Crippen LogP contribution in [0, 0.1) is 0 Å². The number of carbonyl (C=O) groups excluding carboxylic acids is 1. The summed E-state index contributed by atoms with van der Waals surface area (Å²) in [5.74, 6) is 0. The molecule has 6 heteroatoms. The largest absolute Gasteiger partial charge is 0.444 e. The molecule has 0 aromatic carbocycles. The third-order valence-corrected chi connectivity index (χ3v) is 5.50. The maximum atomic E-state index is 12.2. The fourth-order valence-electron chi connectivity index (χ4n) is 3.09. The molecule has 2 saturated heterocycles. The van der Waals surface area contributed by atoms with Crippen LogP contribution >= 0.6 is 0 Å². The van der Waals surface area contributed by atoms with Crippen molar-refractivity contribution < 1.29 is 17.9 Å². The van der Waals surface area contributed by atoms with Crippen molar-refractivity contribution >= 4 is 15.9 Å². The van der Waals surface area contributed by atoms with Crippen molar-refractivity contribution in [1.82, 2.24) is 4.90 Å². The Bertz CT molecular complexity index is 452. The van der Waals surface area contributed by atoms with Gasteiger partial charge in [-0.2, -0.15) is 0 Å². The van der Waals surface area contributed by atoms with Gasteiger partial charge in [0.05, 0.1) is 5.25 Å². The van der Waals surface area contributed by atoms with E-state index < -0.39 is 15.4 Å². The van der Waals surface area contributed by atoms with Gasteiger partial charge in [-0.15, -0.1) is 0 Å². The van der Waals surface area contributed by atoms with Gasteiger partial charge in [0, 0.05) is 18.3 Å². The number of amides is 1. The van der Waals surface area contributed by atoms with E-state index in [0.29, 0.717) is 12.8 Å². The summed E-state index contributed by atoms with van der Waals surface area (Å²) in [6.07, 6.45) is 3.86. The summed E-state index contributed by atoms with van der Waals surface area (Å²) in [7, 11) is -3.01. The molecule has 2 atom stereocenters. The number of piperidine rings is 1. The molecule has 2 aliphatic heterocycles. The first-order chi connectivity index (χ1) is 8.58. The summed E-state index contributed by atoms with van der Waals surface area (Å²) >= 11 is 0. The van der Waals surface area contributed by atoms with E-state index in [-0.39, 0.29) is 23.4 Å². The Labute approximate surface area is 115 Å². The number of sulfone groups is 1. The van der Waals surface area contributed by atoms with Crippen LogP contribution in [0.1, 0.15) is 46.5 Å². The lowest BCUT2D eigenvalue weighted by Gasteiger charge is -2.38. The number of fused-ring (bicyclic) bond motifs is 2. The van der Waals surface area contributed by atoms with Crippen molar-refractivity contribution in [1.29, 1.82) is 0 Å². The normalized spacial score (nSPS) is 31.4. The molecule has 2 unspecified atom stereocenters. The van der Waals surface area contributed by atoms with Crippen molar-refractivity contribution in [2.75, 3.05) is 6.26 Å². The second kappa shape index (κ2) is 4.65. The molecule has 2 rings (SSSR count). The zero-order valence-electron chi connectivity index (χ0n) is 12.0. The number of hydrogen-bond acceptors (Lipinski definition) is 4. The minimum Gasteiger partial charge on any atom is -0.444 e. The van der Waals surface area contributed by atoms with Crippen molar-refractivity contribution in [3.05, 3.63) is 0 Å². The maximum Gasteiger partial charge on any atom is 0.410 e. The van der Waals surface area contributed by atoms with E-state index in [9.17, 15) is 13.2 Å². The predicted molar refractivity (Wildman–Crippen MR) is 72.7 cm³/mol. The topological polar surface area (TPSA) is 63.7 Å². The molecule has 0 radical (unpaired) electrons. The first-order valence-electron chi connectivity index (χ1n) is 6.78. The minimum atomic E-state index is -3.01. The first-order valence-corrected chi connectivity index (χ1v) is 8.73. The Hall–Kier alpha value is -0.780. The maximum absolute atomic E-state index is 12.2. The van der Waals surface area contributed by atoms with Crippen LogP contribution in [0.15, 0.2) is 0 Å². The molecule has 0 N–H and O–H groups in total. The molecule has 2 fully saturated rings. The Morgan fingerprint density at radius 2 is 1.63 bits per heavy atom. The van der Waals surface area contributed by atoms with Crippen LogP contribution in [0.2, 0.25) is 0 Å². The van der Waals surface area contributed by atoms with Gasteiger partial charge >= 0.3 is 6.09 Å². The Morgan fingerprint density at radius 1 is 1.16 bits per heavy atom. The van der Waals surface area contributed by atoms with Crippen LogP contribution in [0.4, 0.5) is 4.79 Å². The quantitative estimate of drug-likeness (QED) is 0.740. The number of ether oxygens (including phenoxy) is 1. The van der Waals surface area contributed by atoms with Crippen LogP contribution in [0.25, 0.3) is 0 Å². The molecule has 0 saturated carbocycles. The number of hydrogen-bond donors (Lipinski definition) is 0. The van der Waals surface area contributed by atoms with Crippen LogP contribution in [0.3, 0.4) is 0 Å². The molecule has 2 heterocycles. The average molecular weight is 289 g/mol. The highest BCUT2D eigenvalue weighted by Gasteiger charge is 2.47. The van der Waals surface area contributed by atoms with Crippen LogP contribution in [0.5, 0.6) is 0 Å².